The summed E-state index contributed by atoms with van der Waals surface area (Å²) in [6, 6.07) is 12.3. The molecule has 17 heavy (non-hydrogen) atoms. The van der Waals surface area contributed by atoms with Crippen molar-refractivity contribution < 1.29 is 12.6 Å². The van der Waals surface area contributed by atoms with Crippen molar-refractivity contribution >= 4 is 79.1 Å². The second kappa shape index (κ2) is 6.25. The zero-order valence-electron chi connectivity index (χ0n) is 9.46. The molecule has 0 amide bonds. The molecule has 0 aliphatic rings. The zero-order valence-corrected chi connectivity index (χ0v) is 15.2. The summed E-state index contributed by atoms with van der Waals surface area (Å²) in [6.07, 6.45) is 0.914. The molecule has 2 aromatic carbocycles. The molecule has 0 aliphatic heterocycles. The van der Waals surface area contributed by atoms with Gasteiger partial charge in [-0.1, -0.05) is 43.0 Å². The van der Waals surface area contributed by atoms with Crippen LogP contribution >= 0.6 is 0 Å². The van der Waals surface area contributed by atoms with Gasteiger partial charge in [0.05, 0.1) is 6.26 Å². The van der Waals surface area contributed by atoms with Crippen LogP contribution < -0.4 is 0 Å². The first-order valence-electron chi connectivity index (χ1n) is 4.67. The van der Waals surface area contributed by atoms with Crippen molar-refractivity contribution in [1.82, 2.24) is 0 Å². The third-order valence-electron chi connectivity index (χ3n) is 2.21. The van der Waals surface area contributed by atoms with Crippen molar-refractivity contribution in [1.29, 1.82) is 0 Å². The summed E-state index contributed by atoms with van der Waals surface area (Å²) < 4.78 is 28.1. The van der Waals surface area contributed by atoms with Crippen LogP contribution in [0.4, 0.5) is 0 Å². The van der Waals surface area contributed by atoms with E-state index in [1.807, 2.05) is 18.2 Å². The number of hydrogen-bond donors (Lipinski definition) is 0. The molecule has 0 atom stereocenters. The van der Waals surface area contributed by atoms with Crippen LogP contribution in [0.2, 0.25) is 0 Å². The van der Waals surface area contributed by atoms with Crippen LogP contribution in [0.15, 0.2) is 60.2 Å². The van der Waals surface area contributed by atoms with Crippen LogP contribution in [0.25, 0.3) is 10.8 Å². The zero-order chi connectivity index (χ0) is 11.6. The van der Waals surface area contributed by atoms with E-state index in [0.29, 0.717) is 5.39 Å². The Kier molecular flexibility index (Phi) is 5.53. The first-order valence-corrected chi connectivity index (χ1v) is 6.08. The molecule has 5 heteroatoms. The smallest absolute Gasteiger partial charge is 0.339 e. The molecule has 1 radical (unpaired) electrons. The minimum atomic E-state index is -3.75. The summed E-state index contributed by atoms with van der Waals surface area (Å²) in [7, 11) is -3.75. The quantitative estimate of drug-likeness (QED) is 0.644. The molecule has 0 fully saturated rings. The Hall–Kier alpha value is -0.00481. The van der Waals surface area contributed by atoms with E-state index in [9.17, 15) is 8.42 Å². The predicted molar refractivity (Wildman–Crippen MR) is 68.2 cm³/mol. The van der Waals surface area contributed by atoms with E-state index in [1.165, 1.54) is 6.07 Å². The Morgan fingerprint density at radius 1 is 1.06 bits per heavy atom. The Balaban J connectivity index is 0.00000144. The van der Waals surface area contributed by atoms with Crippen molar-refractivity contribution in [3.63, 3.8) is 0 Å². The first-order chi connectivity index (χ1) is 7.65. The largest absolute Gasteiger partial charge is 0.388 e. The molecule has 0 saturated heterocycles. The number of fused-ring (bicyclic) bond motifs is 1. The topological polar surface area (TPSA) is 43.4 Å². The molecule has 0 spiro atoms. The van der Waals surface area contributed by atoms with Crippen molar-refractivity contribution in [2.75, 3.05) is 0 Å². The van der Waals surface area contributed by atoms with Crippen LogP contribution in [-0.2, 0) is 14.3 Å². The molecule has 83 valence electrons. The molecule has 0 heterocycles. The van der Waals surface area contributed by atoms with Gasteiger partial charge in [0, 0.05) is 63.6 Å². The van der Waals surface area contributed by atoms with Gasteiger partial charge in [-0.15, -0.1) is 0 Å². The maximum atomic E-state index is 11.8. The molecule has 0 aliphatic carbocycles. The van der Waals surface area contributed by atoms with Gasteiger partial charge in [0.1, 0.15) is 4.90 Å². The average molecular weight is 320 g/mol. The molecule has 0 N–H and O–H groups in total. The fourth-order valence-electron chi connectivity index (χ4n) is 1.56. The van der Waals surface area contributed by atoms with Crippen LogP contribution in [0, 0.1) is 0 Å². The first kappa shape index (κ1) is 15.1. The summed E-state index contributed by atoms with van der Waals surface area (Å²) in [4.78, 5) is 0.158. The summed E-state index contributed by atoms with van der Waals surface area (Å²) >= 11 is 0. The summed E-state index contributed by atoms with van der Waals surface area (Å²) in [5, 5.41) is 1.50. The van der Waals surface area contributed by atoms with Crippen molar-refractivity contribution in [3.05, 3.63) is 55.3 Å². The molecule has 0 unspecified atom stereocenters. The molecule has 3 nitrogen and oxygen atoms in total. The molecular weight excluding hydrogens is 310 g/mol. The number of rotatable bonds is 3. The summed E-state index contributed by atoms with van der Waals surface area (Å²) in [6.45, 7) is 3.25. The third-order valence-corrected chi connectivity index (χ3v) is 3.50. The molecule has 2 rings (SSSR count). The SMILES string of the molecule is C=COS(=O)(=O)c1cccc2ccccc12.[Rb]. The Morgan fingerprint density at radius 2 is 1.71 bits per heavy atom. The fourth-order valence-corrected chi connectivity index (χ4v) is 2.54. The maximum absolute atomic E-state index is 11.8. The van der Waals surface area contributed by atoms with E-state index in [-0.39, 0.29) is 63.1 Å². The van der Waals surface area contributed by atoms with Gasteiger partial charge < -0.3 is 4.18 Å². The van der Waals surface area contributed by atoms with Gasteiger partial charge in [0.25, 0.3) is 0 Å². The van der Waals surface area contributed by atoms with Gasteiger partial charge in [-0.05, 0) is 11.5 Å². The molecule has 0 saturated carbocycles. The fraction of sp³-hybridized carbons (Fsp3) is 0. The van der Waals surface area contributed by atoms with Gasteiger partial charge in [-0.2, -0.15) is 8.42 Å². The van der Waals surface area contributed by atoms with Crippen LogP contribution in [0.5, 0.6) is 0 Å². The van der Waals surface area contributed by atoms with Gasteiger partial charge in [-0.3, -0.25) is 0 Å². The third kappa shape index (κ3) is 3.26. The Morgan fingerprint density at radius 3 is 2.41 bits per heavy atom. The summed E-state index contributed by atoms with van der Waals surface area (Å²) in [5.41, 5.74) is 0. The van der Waals surface area contributed by atoms with Gasteiger partial charge in [0.2, 0.25) is 0 Å². The van der Waals surface area contributed by atoms with Crippen molar-refractivity contribution in [3.8, 4) is 0 Å². The normalized spacial score (nSPS) is 10.6. The van der Waals surface area contributed by atoms with Crippen molar-refractivity contribution in [2.24, 2.45) is 0 Å². The minimum Gasteiger partial charge on any atom is -0.388 e. The standard InChI is InChI=1S/C12H10O3S.Rb/c1-2-15-16(13,14)12-9-5-7-10-6-3-4-8-11(10)12;/h2-9H,1H2;. The Labute approximate surface area is 149 Å². The van der Waals surface area contributed by atoms with Gasteiger partial charge in [0.15, 0.2) is 0 Å². The van der Waals surface area contributed by atoms with Crippen LogP contribution in [0.3, 0.4) is 0 Å². The summed E-state index contributed by atoms with van der Waals surface area (Å²) in [5.74, 6) is 0. The van der Waals surface area contributed by atoms with Crippen LogP contribution in [-0.4, -0.2) is 66.6 Å². The van der Waals surface area contributed by atoms with E-state index in [2.05, 4.69) is 10.8 Å². The molecule has 0 bridgehead atoms. The number of benzene rings is 2. The van der Waals surface area contributed by atoms with Gasteiger partial charge in [-0.25, -0.2) is 0 Å². The van der Waals surface area contributed by atoms with E-state index in [4.69, 9.17) is 0 Å². The van der Waals surface area contributed by atoms with Gasteiger partial charge >= 0.3 is 10.1 Å². The number of hydrogen-bond acceptors (Lipinski definition) is 3. The van der Waals surface area contributed by atoms with E-state index >= 15 is 0 Å². The molecular formula is C12H10O3RbS. The average Bonchev–Trinajstić information content (AvgIpc) is 2.28. The molecule has 2 aromatic rings. The van der Waals surface area contributed by atoms with E-state index < -0.39 is 10.1 Å². The van der Waals surface area contributed by atoms with Crippen molar-refractivity contribution in [2.45, 2.75) is 4.90 Å². The maximum Gasteiger partial charge on any atom is 0.339 e. The second-order valence-corrected chi connectivity index (χ2v) is 4.73. The predicted octanol–water partition coefficient (Wildman–Crippen LogP) is 2.31. The second-order valence-electron chi connectivity index (χ2n) is 3.19. The minimum absolute atomic E-state index is 0. The monoisotopic (exact) mass is 319 g/mol. The molecule has 0 aromatic heterocycles. The Bertz CT molecular complexity index is 630. The van der Waals surface area contributed by atoms with Crippen LogP contribution in [0.1, 0.15) is 0 Å². The van der Waals surface area contributed by atoms with E-state index in [0.717, 1.165) is 11.6 Å². The van der Waals surface area contributed by atoms with E-state index in [1.54, 1.807) is 18.2 Å².